The van der Waals surface area contributed by atoms with E-state index in [2.05, 4.69) is 29.2 Å². The molecule has 0 bridgehead atoms. The van der Waals surface area contributed by atoms with Crippen molar-refractivity contribution in [2.45, 2.75) is 0 Å². The van der Waals surface area contributed by atoms with Crippen LogP contribution >= 0.6 is 11.3 Å². The van der Waals surface area contributed by atoms with Gasteiger partial charge in [-0.2, -0.15) is 15.2 Å². The van der Waals surface area contributed by atoms with Crippen molar-refractivity contribution in [3.05, 3.63) is 77.8 Å². The van der Waals surface area contributed by atoms with E-state index in [1.165, 1.54) is 0 Å². The Kier molecular flexibility index (Phi) is 3.44. The first kappa shape index (κ1) is 13.8. The van der Waals surface area contributed by atoms with Gasteiger partial charge in [-0.1, -0.05) is 48.5 Å². The molecule has 0 fully saturated rings. The summed E-state index contributed by atoms with van der Waals surface area (Å²) in [5, 5.41) is 13.5. The highest BCUT2D eigenvalue weighted by molar-refractivity contribution is 7.13. The maximum atomic E-state index is 4.72. The largest absolute Gasteiger partial charge is 0.227 e. The fraction of sp³-hybridized carbons (Fsp3) is 0.0588. The third-order valence-electron chi connectivity index (χ3n) is 3.52. The molecule has 1 aliphatic heterocycles. The molecular weight excluding hydrogens is 306 g/mol. The number of hydrazone groups is 1. The van der Waals surface area contributed by atoms with Gasteiger partial charge in [-0.3, -0.25) is 0 Å². The summed E-state index contributed by atoms with van der Waals surface area (Å²) in [5.74, 6) is 0.854. The predicted octanol–water partition coefficient (Wildman–Crippen LogP) is 3.59. The summed E-state index contributed by atoms with van der Waals surface area (Å²) in [6.45, 7) is 0. The first-order valence-corrected chi connectivity index (χ1v) is 8.15. The van der Waals surface area contributed by atoms with Crippen LogP contribution in [0.2, 0.25) is 0 Å². The minimum absolute atomic E-state index is 0.854. The highest BCUT2D eigenvalue weighted by Gasteiger charge is 2.34. The molecule has 0 atom stereocenters. The molecule has 1 aromatic heterocycles. The van der Waals surface area contributed by atoms with Gasteiger partial charge in [0.1, 0.15) is 0 Å². The Labute approximate surface area is 138 Å². The van der Waals surface area contributed by atoms with Gasteiger partial charge in [-0.15, -0.1) is 16.4 Å². The third kappa shape index (κ3) is 2.43. The van der Waals surface area contributed by atoms with Crippen LogP contribution in [0.15, 0.2) is 77.3 Å². The maximum absolute atomic E-state index is 4.72. The number of rotatable bonds is 3. The van der Waals surface area contributed by atoms with Crippen LogP contribution in [0.5, 0.6) is 0 Å². The Balaban J connectivity index is 1.83. The van der Waals surface area contributed by atoms with Crippen LogP contribution in [0.25, 0.3) is 0 Å². The molecular formula is C17H15N5S. The molecule has 0 unspecified atom stereocenters. The molecule has 6 heteroatoms. The Bertz CT molecular complexity index is 802. The van der Waals surface area contributed by atoms with Crippen LogP contribution in [-0.2, 0) is 0 Å². The van der Waals surface area contributed by atoms with Gasteiger partial charge in [0.25, 0.3) is 0 Å². The summed E-state index contributed by atoms with van der Waals surface area (Å²) in [4.78, 5) is 4.48. The Morgan fingerprint density at radius 3 is 2.26 bits per heavy atom. The number of amidine groups is 1. The first-order chi connectivity index (χ1) is 11.3. The normalized spacial score (nSPS) is 14.3. The number of hydrogen-bond acceptors (Lipinski definition) is 6. The van der Waals surface area contributed by atoms with Crippen LogP contribution in [0, 0.1) is 0 Å². The lowest BCUT2D eigenvalue weighted by Crippen LogP contribution is -2.47. The maximum Gasteiger partial charge on any atom is 0.212 e. The lowest BCUT2D eigenvalue weighted by molar-refractivity contribution is 0.351. The highest BCUT2D eigenvalue weighted by Crippen LogP contribution is 2.31. The van der Waals surface area contributed by atoms with Crippen molar-refractivity contribution in [2.24, 2.45) is 5.10 Å². The third-order valence-corrected chi connectivity index (χ3v) is 4.27. The van der Waals surface area contributed by atoms with E-state index in [0.29, 0.717) is 0 Å². The van der Waals surface area contributed by atoms with E-state index < -0.39 is 0 Å². The van der Waals surface area contributed by atoms with Gasteiger partial charge in [-0.05, 0) is 12.1 Å². The predicted molar refractivity (Wildman–Crippen MR) is 94.3 cm³/mol. The van der Waals surface area contributed by atoms with Crippen molar-refractivity contribution in [3.8, 4) is 0 Å². The lowest BCUT2D eigenvalue weighted by atomic mass is 10.2. The van der Waals surface area contributed by atoms with Crippen LogP contribution in [0.1, 0.15) is 5.56 Å². The van der Waals surface area contributed by atoms with Gasteiger partial charge in [0, 0.05) is 24.2 Å². The highest BCUT2D eigenvalue weighted by atomic mass is 32.1. The van der Waals surface area contributed by atoms with Crippen molar-refractivity contribution in [1.29, 1.82) is 0 Å². The van der Waals surface area contributed by atoms with E-state index in [1.807, 2.05) is 70.3 Å². The van der Waals surface area contributed by atoms with Crippen LogP contribution in [-0.4, -0.2) is 23.0 Å². The monoisotopic (exact) mass is 321 g/mol. The van der Waals surface area contributed by atoms with Gasteiger partial charge in [0.05, 0.1) is 5.69 Å². The van der Waals surface area contributed by atoms with Gasteiger partial charge < -0.3 is 0 Å². The first-order valence-electron chi connectivity index (χ1n) is 7.27. The van der Waals surface area contributed by atoms with Crippen molar-refractivity contribution in [1.82, 2.24) is 10.1 Å². The minimum Gasteiger partial charge on any atom is -0.227 e. The van der Waals surface area contributed by atoms with E-state index in [0.717, 1.165) is 22.2 Å². The van der Waals surface area contributed by atoms with Crippen molar-refractivity contribution in [3.63, 3.8) is 0 Å². The molecule has 0 spiro atoms. The molecule has 0 saturated carbocycles. The van der Waals surface area contributed by atoms with Crippen molar-refractivity contribution in [2.75, 3.05) is 17.2 Å². The van der Waals surface area contributed by atoms with Gasteiger partial charge >= 0.3 is 0 Å². The Hall–Kier alpha value is -2.86. The average Bonchev–Trinajstić information content (AvgIpc) is 3.24. The second kappa shape index (κ2) is 5.73. The van der Waals surface area contributed by atoms with Gasteiger partial charge in [0.15, 0.2) is 5.84 Å². The minimum atomic E-state index is 0.854. The summed E-state index contributed by atoms with van der Waals surface area (Å²) in [7, 11) is 1.93. The Morgan fingerprint density at radius 2 is 1.61 bits per heavy atom. The molecule has 4 rings (SSSR count). The number of anilines is 2. The second-order valence-electron chi connectivity index (χ2n) is 5.03. The van der Waals surface area contributed by atoms with E-state index in [4.69, 9.17) is 5.10 Å². The van der Waals surface area contributed by atoms with Gasteiger partial charge in [0.2, 0.25) is 5.13 Å². The fourth-order valence-electron chi connectivity index (χ4n) is 2.54. The number of nitrogens with zero attached hydrogens (tertiary/aromatic N) is 5. The Morgan fingerprint density at radius 1 is 0.913 bits per heavy atom. The molecule has 2 heterocycles. The molecule has 0 saturated heterocycles. The van der Waals surface area contributed by atoms with Crippen LogP contribution < -0.4 is 10.1 Å². The SMILES string of the molecule is CN1N=C(c2ccccc2)N(c2nccs2)N1c1ccccc1. The van der Waals surface area contributed by atoms with E-state index in [-0.39, 0.29) is 0 Å². The number of hydrogen-bond donors (Lipinski definition) is 0. The molecule has 0 amide bonds. The fourth-order valence-corrected chi connectivity index (χ4v) is 3.17. The lowest BCUT2D eigenvalue weighted by Gasteiger charge is -2.32. The molecule has 2 aromatic carbocycles. The zero-order valence-corrected chi connectivity index (χ0v) is 13.4. The zero-order valence-electron chi connectivity index (χ0n) is 12.6. The number of hydrazine groups is 2. The number of thiazole rings is 1. The van der Waals surface area contributed by atoms with Crippen molar-refractivity contribution >= 4 is 28.0 Å². The van der Waals surface area contributed by atoms with E-state index in [1.54, 1.807) is 11.3 Å². The number of para-hydroxylation sites is 1. The summed E-state index contributed by atoms with van der Waals surface area (Å²) in [5.41, 5.74) is 2.08. The average molecular weight is 321 g/mol. The second-order valence-corrected chi connectivity index (χ2v) is 5.90. The summed E-state index contributed by atoms with van der Waals surface area (Å²) < 4.78 is 0. The topological polar surface area (TPSA) is 35.0 Å². The van der Waals surface area contributed by atoms with Crippen LogP contribution in [0.4, 0.5) is 10.8 Å². The molecule has 5 nitrogen and oxygen atoms in total. The molecule has 0 N–H and O–H groups in total. The molecule has 0 aliphatic carbocycles. The van der Waals surface area contributed by atoms with E-state index >= 15 is 0 Å². The summed E-state index contributed by atoms with van der Waals surface area (Å²) in [6, 6.07) is 20.3. The standard InChI is InChI=1S/C17H15N5S/c1-20-19-16(14-8-4-2-5-9-14)21(17-18-12-13-23-17)22(20)15-10-6-3-7-11-15/h2-13H,1H3. The molecule has 3 aromatic rings. The summed E-state index contributed by atoms with van der Waals surface area (Å²) >= 11 is 1.58. The van der Waals surface area contributed by atoms with E-state index in [9.17, 15) is 0 Å². The number of aromatic nitrogens is 1. The molecule has 23 heavy (non-hydrogen) atoms. The van der Waals surface area contributed by atoms with Gasteiger partial charge in [-0.25, -0.2) is 4.98 Å². The quantitative estimate of drug-likeness (QED) is 0.738. The summed E-state index contributed by atoms with van der Waals surface area (Å²) in [6.07, 6.45) is 1.81. The zero-order chi connectivity index (χ0) is 15.6. The molecule has 114 valence electrons. The van der Waals surface area contributed by atoms with Crippen LogP contribution in [0.3, 0.4) is 0 Å². The smallest absolute Gasteiger partial charge is 0.212 e. The number of benzene rings is 2. The molecule has 0 radical (unpaired) electrons. The van der Waals surface area contributed by atoms with Crippen molar-refractivity contribution < 1.29 is 0 Å². The molecule has 1 aliphatic rings.